The second-order valence-corrected chi connectivity index (χ2v) is 9.00. The molecule has 34 heavy (non-hydrogen) atoms. The Labute approximate surface area is 200 Å². The first kappa shape index (κ1) is 22.2. The molecule has 0 bridgehead atoms. The van der Waals surface area contributed by atoms with E-state index in [1.165, 1.54) is 59.3 Å². The molecular formula is C30H30N2O2. The van der Waals surface area contributed by atoms with Crippen LogP contribution in [0.5, 0.6) is 0 Å². The number of benzene rings is 3. The number of hydrogen-bond donors (Lipinski definition) is 1. The van der Waals surface area contributed by atoms with Gasteiger partial charge in [-0.2, -0.15) is 0 Å². The molecule has 1 aliphatic heterocycles. The van der Waals surface area contributed by atoms with E-state index < -0.39 is 0 Å². The molecule has 1 N–H and O–H groups in total. The number of nitrogens with zero attached hydrogens (tertiary/aromatic N) is 1. The van der Waals surface area contributed by atoms with E-state index in [2.05, 4.69) is 93.5 Å². The Morgan fingerprint density at radius 1 is 1.03 bits per heavy atom. The van der Waals surface area contributed by atoms with Gasteiger partial charge in [-0.15, -0.1) is 0 Å². The Kier molecular flexibility index (Phi) is 6.59. The SMILES string of the molecule is COC(=O)/C=C/c1ccc(CN2CCCC(c3c(-c4ccccc4)[nH]c4ccccc34)C2)cc1. The van der Waals surface area contributed by atoms with Gasteiger partial charge in [-0.3, -0.25) is 4.90 Å². The normalized spacial score (nSPS) is 16.8. The number of likely N-dealkylation sites (tertiary alicyclic amines) is 1. The quantitative estimate of drug-likeness (QED) is 0.273. The van der Waals surface area contributed by atoms with Crippen LogP contribution in [0.25, 0.3) is 28.2 Å². The summed E-state index contributed by atoms with van der Waals surface area (Å²) in [4.78, 5) is 17.6. The lowest BCUT2D eigenvalue weighted by atomic mass is 9.87. The summed E-state index contributed by atoms with van der Waals surface area (Å²) in [5, 5.41) is 1.34. The largest absolute Gasteiger partial charge is 0.466 e. The van der Waals surface area contributed by atoms with Gasteiger partial charge in [-0.25, -0.2) is 4.79 Å². The van der Waals surface area contributed by atoms with Crippen molar-refractivity contribution in [3.05, 3.63) is 102 Å². The highest BCUT2D eigenvalue weighted by molar-refractivity contribution is 5.91. The van der Waals surface area contributed by atoms with E-state index in [0.717, 1.165) is 25.2 Å². The molecule has 1 atom stereocenters. The minimum atomic E-state index is -0.337. The lowest BCUT2D eigenvalue weighted by molar-refractivity contribution is -0.134. The predicted octanol–water partition coefficient (Wildman–Crippen LogP) is 6.40. The average Bonchev–Trinajstić information content (AvgIpc) is 3.28. The van der Waals surface area contributed by atoms with Crippen molar-refractivity contribution in [3.8, 4) is 11.3 Å². The third-order valence-electron chi connectivity index (χ3n) is 6.72. The van der Waals surface area contributed by atoms with Crippen LogP contribution in [0.2, 0.25) is 0 Å². The third-order valence-corrected chi connectivity index (χ3v) is 6.72. The van der Waals surface area contributed by atoms with Crippen LogP contribution in [0, 0.1) is 0 Å². The molecule has 172 valence electrons. The number of methoxy groups -OCH3 is 1. The number of fused-ring (bicyclic) bond motifs is 1. The number of hydrogen-bond acceptors (Lipinski definition) is 3. The molecule has 1 aliphatic rings. The Morgan fingerprint density at radius 2 is 1.79 bits per heavy atom. The lowest BCUT2D eigenvalue weighted by Gasteiger charge is -2.33. The number of nitrogens with one attached hydrogen (secondary N) is 1. The first-order valence-electron chi connectivity index (χ1n) is 11.9. The van der Waals surface area contributed by atoms with Crippen LogP contribution in [-0.2, 0) is 16.1 Å². The Balaban J connectivity index is 1.36. The highest BCUT2D eigenvalue weighted by Gasteiger charge is 2.26. The molecule has 3 aromatic carbocycles. The highest BCUT2D eigenvalue weighted by atomic mass is 16.5. The molecule has 1 aromatic heterocycles. The van der Waals surface area contributed by atoms with Crippen molar-refractivity contribution in [2.45, 2.75) is 25.3 Å². The van der Waals surface area contributed by atoms with Crippen LogP contribution in [0.4, 0.5) is 0 Å². The van der Waals surface area contributed by atoms with Gasteiger partial charge in [-0.05, 0) is 59.7 Å². The summed E-state index contributed by atoms with van der Waals surface area (Å²) in [5.41, 5.74) is 7.46. The van der Waals surface area contributed by atoms with Gasteiger partial charge in [0.1, 0.15) is 0 Å². The van der Waals surface area contributed by atoms with Gasteiger partial charge in [0, 0.05) is 30.1 Å². The zero-order valence-corrected chi connectivity index (χ0v) is 19.5. The van der Waals surface area contributed by atoms with Gasteiger partial charge in [0.15, 0.2) is 0 Å². The van der Waals surface area contributed by atoms with Crippen LogP contribution in [0.3, 0.4) is 0 Å². The van der Waals surface area contributed by atoms with Crippen LogP contribution >= 0.6 is 0 Å². The summed E-state index contributed by atoms with van der Waals surface area (Å²) in [7, 11) is 1.39. The first-order valence-corrected chi connectivity index (χ1v) is 11.9. The van der Waals surface area contributed by atoms with Gasteiger partial charge >= 0.3 is 5.97 Å². The maximum Gasteiger partial charge on any atom is 0.330 e. The second-order valence-electron chi connectivity index (χ2n) is 9.00. The molecule has 1 fully saturated rings. The van der Waals surface area contributed by atoms with E-state index in [-0.39, 0.29) is 5.97 Å². The van der Waals surface area contributed by atoms with Gasteiger partial charge in [0.2, 0.25) is 0 Å². The number of piperidine rings is 1. The molecule has 4 nitrogen and oxygen atoms in total. The molecule has 0 spiro atoms. The van der Waals surface area contributed by atoms with Gasteiger partial charge in [0.25, 0.3) is 0 Å². The van der Waals surface area contributed by atoms with Crippen molar-refractivity contribution in [2.24, 2.45) is 0 Å². The maximum atomic E-state index is 11.3. The van der Waals surface area contributed by atoms with E-state index in [1.807, 2.05) is 0 Å². The van der Waals surface area contributed by atoms with Gasteiger partial charge in [0.05, 0.1) is 12.8 Å². The smallest absolute Gasteiger partial charge is 0.330 e. The highest BCUT2D eigenvalue weighted by Crippen LogP contribution is 2.39. The minimum Gasteiger partial charge on any atom is -0.466 e. The Morgan fingerprint density at radius 3 is 2.59 bits per heavy atom. The number of aromatic amines is 1. The average molecular weight is 451 g/mol. The second kappa shape index (κ2) is 10.1. The van der Waals surface area contributed by atoms with Crippen LogP contribution in [-0.4, -0.2) is 36.1 Å². The summed E-state index contributed by atoms with van der Waals surface area (Å²) in [6.45, 7) is 3.09. The van der Waals surface area contributed by atoms with Gasteiger partial charge < -0.3 is 9.72 Å². The molecule has 2 heterocycles. The number of esters is 1. The van der Waals surface area contributed by atoms with Crippen molar-refractivity contribution in [3.63, 3.8) is 0 Å². The molecule has 0 saturated carbocycles. The van der Waals surface area contributed by atoms with Crippen molar-refractivity contribution >= 4 is 22.9 Å². The molecule has 5 rings (SSSR count). The fourth-order valence-corrected chi connectivity index (χ4v) is 5.08. The zero-order valence-electron chi connectivity index (χ0n) is 19.5. The van der Waals surface area contributed by atoms with E-state index in [0.29, 0.717) is 5.92 Å². The molecule has 0 radical (unpaired) electrons. The summed E-state index contributed by atoms with van der Waals surface area (Å²) in [6, 6.07) is 27.8. The van der Waals surface area contributed by atoms with Crippen LogP contribution in [0.1, 0.15) is 35.4 Å². The third kappa shape index (κ3) is 4.82. The summed E-state index contributed by atoms with van der Waals surface area (Å²) < 4.78 is 4.67. The Hall–Kier alpha value is -3.63. The number of H-pyrrole nitrogens is 1. The van der Waals surface area contributed by atoms with Crippen molar-refractivity contribution in [1.82, 2.24) is 9.88 Å². The Bertz CT molecular complexity index is 1290. The standard InChI is InChI=1S/C30H30N2O2/c1-34-28(33)18-17-22-13-15-23(16-14-22)20-32-19-7-10-25(21-32)29-26-11-5-6-12-27(26)31-30(29)24-8-3-2-4-9-24/h2-6,8-9,11-18,25,31H,7,10,19-21H2,1H3/b18-17+. The molecule has 4 heteroatoms. The maximum absolute atomic E-state index is 11.3. The van der Waals surface area contributed by atoms with E-state index in [4.69, 9.17) is 0 Å². The topological polar surface area (TPSA) is 45.3 Å². The van der Waals surface area contributed by atoms with Crippen molar-refractivity contribution in [2.75, 3.05) is 20.2 Å². The van der Waals surface area contributed by atoms with Crippen LogP contribution < -0.4 is 0 Å². The fraction of sp³-hybridized carbons (Fsp3) is 0.233. The molecule has 1 unspecified atom stereocenters. The van der Waals surface area contributed by atoms with E-state index >= 15 is 0 Å². The lowest BCUT2D eigenvalue weighted by Crippen LogP contribution is -2.34. The number of carbonyl (C=O) groups is 1. The zero-order chi connectivity index (χ0) is 23.3. The number of ether oxygens (including phenoxy) is 1. The van der Waals surface area contributed by atoms with Crippen LogP contribution in [0.15, 0.2) is 84.9 Å². The summed E-state index contributed by atoms with van der Waals surface area (Å²) >= 11 is 0. The minimum absolute atomic E-state index is 0.337. The summed E-state index contributed by atoms with van der Waals surface area (Å²) in [6.07, 6.45) is 5.64. The molecule has 4 aromatic rings. The number of para-hydroxylation sites is 1. The van der Waals surface area contributed by atoms with E-state index in [1.54, 1.807) is 6.08 Å². The van der Waals surface area contributed by atoms with Crippen molar-refractivity contribution < 1.29 is 9.53 Å². The number of aromatic nitrogens is 1. The first-order chi connectivity index (χ1) is 16.7. The predicted molar refractivity (Wildman–Crippen MR) is 138 cm³/mol. The monoisotopic (exact) mass is 450 g/mol. The summed E-state index contributed by atoms with van der Waals surface area (Å²) in [5.74, 6) is 0.151. The van der Waals surface area contributed by atoms with Crippen molar-refractivity contribution in [1.29, 1.82) is 0 Å². The molecule has 0 aliphatic carbocycles. The van der Waals surface area contributed by atoms with Gasteiger partial charge in [-0.1, -0.05) is 72.8 Å². The molecule has 0 amide bonds. The molecular weight excluding hydrogens is 420 g/mol. The fourth-order valence-electron chi connectivity index (χ4n) is 5.08. The van der Waals surface area contributed by atoms with E-state index in [9.17, 15) is 4.79 Å². The molecule has 1 saturated heterocycles. The number of carbonyl (C=O) groups excluding carboxylic acids is 1. The number of rotatable bonds is 6.